The average molecular weight is 256 g/mol. The molecule has 2 heterocycles. The van der Waals surface area contributed by atoms with Crippen LogP contribution in [-0.4, -0.2) is 17.7 Å². The lowest BCUT2D eigenvalue weighted by Gasteiger charge is -2.19. The van der Waals surface area contributed by atoms with E-state index in [-0.39, 0.29) is 11.6 Å². The number of fused-ring (bicyclic) bond motifs is 1. The summed E-state index contributed by atoms with van der Waals surface area (Å²) in [6.45, 7) is 8.13. The predicted octanol–water partition coefficient (Wildman–Crippen LogP) is 2.46. The zero-order valence-corrected chi connectivity index (χ0v) is 11.8. The molecule has 1 fully saturated rings. The molecule has 0 radical (unpaired) electrons. The first-order valence-corrected chi connectivity index (χ1v) is 6.92. The highest BCUT2D eigenvalue weighted by Gasteiger charge is 2.20. The lowest BCUT2D eigenvalue weighted by molar-refractivity contribution is 0.546. The van der Waals surface area contributed by atoms with Gasteiger partial charge in [-0.05, 0) is 50.9 Å². The fraction of sp³-hybridized carbons (Fsp3) is 0.438. The van der Waals surface area contributed by atoms with Gasteiger partial charge in [-0.3, -0.25) is 4.79 Å². The summed E-state index contributed by atoms with van der Waals surface area (Å²) in [5, 5.41) is 4.56. The molecule has 0 aliphatic carbocycles. The van der Waals surface area contributed by atoms with Gasteiger partial charge in [0.1, 0.15) is 0 Å². The van der Waals surface area contributed by atoms with Crippen LogP contribution in [-0.2, 0) is 0 Å². The number of benzene rings is 1. The van der Waals surface area contributed by atoms with Crippen LogP contribution in [0.25, 0.3) is 10.9 Å². The molecule has 1 aromatic carbocycles. The van der Waals surface area contributed by atoms with Gasteiger partial charge in [-0.15, -0.1) is 0 Å². The summed E-state index contributed by atoms with van der Waals surface area (Å²) >= 11 is 0. The summed E-state index contributed by atoms with van der Waals surface area (Å²) in [5.74, 6) is 0. The maximum Gasteiger partial charge on any atom is 0.251 e. The number of nitrogens with one attached hydrogen (secondary N) is 1. The third kappa shape index (κ3) is 1.98. The molecule has 1 aromatic heterocycles. The van der Waals surface area contributed by atoms with Crippen molar-refractivity contribution in [3.05, 3.63) is 45.2 Å². The molecule has 0 amide bonds. The van der Waals surface area contributed by atoms with E-state index in [1.165, 1.54) is 16.5 Å². The summed E-state index contributed by atoms with van der Waals surface area (Å²) in [5.41, 5.74) is 4.77. The number of pyridine rings is 1. The Hall–Kier alpha value is -1.61. The largest absolute Gasteiger partial charge is 0.315 e. The zero-order valence-electron chi connectivity index (χ0n) is 11.8. The Labute approximate surface area is 113 Å². The SMILES string of the molecule is Cc1cc(C)c2c(c1)c(C)cc(=O)n2C1CCNC1. The summed E-state index contributed by atoms with van der Waals surface area (Å²) in [6.07, 6.45) is 1.03. The Morgan fingerprint density at radius 2 is 1.95 bits per heavy atom. The summed E-state index contributed by atoms with van der Waals surface area (Å²) < 4.78 is 2.00. The van der Waals surface area contributed by atoms with Crippen molar-refractivity contribution in [1.82, 2.24) is 9.88 Å². The van der Waals surface area contributed by atoms with E-state index in [9.17, 15) is 4.79 Å². The minimum Gasteiger partial charge on any atom is -0.315 e. The first-order valence-electron chi connectivity index (χ1n) is 6.92. The van der Waals surface area contributed by atoms with Crippen molar-refractivity contribution in [1.29, 1.82) is 0 Å². The van der Waals surface area contributed by atoms with Crippen LogP contribution in [0.5, 0.6) is 0 Å². The number of aromatic nitrogens is 1. The number of hydrogen-bond donors (Lipinski definition) is 1. The summed E-state index contributed by atoms with van der Waals surface area (Å²) in [6, 6.07) is 6.42. The van der Waals surface area contributed by atoms with Gasteiger partial charge in [0.15, 0.2) is 0 Å². The minimum atomic E-state index is 0.130. The van der Waals surface area contributed by atoms with E-state index in [2.05, 4.69) is 31.3 Å². The molecular weight excluding hydrogens is 236 g/mol. The molecule has 1 aliphatic rings. The number of rotatable bonds is 1. The molecule has 1 aliphatic heterocycles. The molecule has 3 rings (SSSR count). The average Bonchev–Trinajstić information content (AvgIpc) is 2.84. The van der Waals surface area contributed by atoms with Gasteiger partial charge in [-0.2, -0.15) is 0 Å². The van der Waals surface area contributed by atoms with Crippen molar-refractivity contribution in [3.63, 3.8) is 0 Å². The molecule has 1 saturated heterocycles. The quantitative estimate of drug-likeness (QED) is 0.850. The van der Waals surface area contributed by atoms with E-state index < -0.39 is 0 Å². The monoisotopic (exact) mass is 256 g/mol. The van der Waals surface area contributed by atoms with E-state index in [0.717, 1.165) is 30.6 Å². The molecule has 0 bridgehead atoms. The maximum absolute atomic E-state index is 12.4. The van der Waals surface area contributed by atoms with Crippen LogP contribution in [0.1, 0.15) is 29.2 Å². The second-order valence-corrected chi connectivity index (χ2v) is 5.66. The van der Waals surface area contributed by atoms with Gasteiger partial charge in [-0.1, -0.05) is 11.6 Å². The molecule has 1 unspecified atom stereocenters. The Kier molecular flexibility index (Phi) is 2.94. The second kappa shape index (κ2) is 4.49. The highest BCUT2D eigenvalue weighted by Crippen LogP contribution is 2.26. The van der Waals surface area contributed by atoms with Crippen molar-refractivity contribution in [2.45, 2.75) is 33.2 Å². The highest BCUT2D eigenvalue weighted by atomic mass is 16.1. The zero-order chi connectivity index (χ0) is 13.6. The smallest absolute Gasteiger partial charge is 0.251 e. The summed E-state index contributed by atoms with van der Waals surface area (Å²) in [4.78, 5) is 12.4. The topological polar surface area (TPSA) is 34.0 Å². The minimum absolute atomic E-state index is 0.130. The van der Waals surface area contributed by atoms with Crippen LogP contribution < -0.4 is 10.9 Å². The second-order valence-electron chi connectivity index (χ2n) is 5.66. The lowest BCUT2D eigenvalue weighted by atomic mass is 10.0. The van der Waals surface area contributed by atoms with Crippen LogP contribution in [0, 0.1) is 20.8 Å². The number of hydrogen-bond acceptors (Lipinski definition) is 2. The molecule has 19 heavy (non-hydrogen) atoms. The standard InChI is InChI=1S/C16H20N2O/c1-10-6-12(3)16-14(7-10)11(2)8-15(19)18(16)13-4-5-17-9-13/h6-8,13,17H,4-5,9H2,1-3H3. The van der Waals surface area contributed by atoms with E-state index >= 15 is 0 Å². The first kappa shape index (κ1) is 12.4. The van der Waals surface area contributed by atoms with Gasteiger partial charge in [0, 0.05) is 18.0 Å². The Bertz CT molecular complexity index is 694. The fourth-order valence-corrected chi connectivity index (χ4v) is 3.25. The van der Waals surface area contributed by atoms with Crippen molar-refractivity contribution < 1.29 is 0 Å². The third-order valence-electron chi connectivity index (χ3n) is 4.09. The molecule has 3 heteroatoms. The van der Waals surface area contributed by atoms with Gasteiger partial charge in [0.25, 0.3) is 5.56 Å². The molecule has 2 aromatic rings. The van der Waals surface area contributed by atoms with Crippen molar-refractivity contribution in [2.75, 3.05) is 13.1 Å². The van der Waals surface area contributed by atoms with E-state index in [0.29, 0.717) is 0 Å². The van der Waals surface area contributed by atoms with E-state index in [4.69, 9.17) is 0 Å². The normalized spacial score (nSPS) is 19.2. The van der Waals surface area contributed by atoms with Gasteiger partial charge < -0.3 is 9.88 Å². The van der Waals surface area contributed by atoms with Crippen LogP contribution >= 0.6 is 0 Å². The van der Waals surface area contributed by atoms with Crippen molar-refractivity contribution in [2.24, 2.45) is 0 Å². The fourth-order valence-electron chi connectivity index (χ4n) is 3.25. The van der Waals surface area contributed by atoms with Crippen LogP contribution in [0.15, 0.2) is 23.0 Å². The number of aryl methyl sites for hydroxylation is 3. The van der Waals surface area contributed by atoms with Crippen LogP contribution in [0.3, 0.4) is 0 Å². The van der Waals surface area contributed by atoms with Crippen molar-refractivity contribution in [3.8, 4) is 0 Å². The summed E-state index contributed by atoms with van der Waals surface area (Å²) in [7, 11) is 0. The molecule has 3 nitrogen and oxygen atoms in total. The lowest BCUT2D eigenvalue weighted by Crippen LogP contribution is -2.27. The number of nitrogens with zero attached hydrogens (tertiary/aromatic N) is 1. The van der Waals surface area contributed by atoms with E-state index in [1.807, 2.05) is 11.5 Å². The van der Waals surface area contributed by atoms with Gasteiger partial charge in [0.2, 0.25) is 0 Å². The van der Waals surface area contributed by atoms with Crippen molar-refractivity contribution >= 4 is 10.9 Å². The van der Waals surface area contributed by atoms with Gasteiger partial charge in [0.05, 0.1) is 11.6 Å². The predicted molar refractivity (Wildman–Crippen MR) is 78.9 cm³/mol. The van der Waals surface area contributed by atoms with Crippen LogP contribution in [0.2, 0.25) is 0 Å². The van der Waals surface area contributed by atoms with Gasteiger partial charge in [-0.25, -0.2) is 0 Å². The molecular formula is C16H20N2O. The first-order chi connectivity index (χ1) is 9.08. The molecule has 1 N–H and O–H groups in total. The molecule has 100 valence electrons. The Morgan fingerprint density at radius 3 is 2.63 bits per heavy atom. The highest BCUT2D eigenvalue weighted by molar-refractivity contribution is 5.86. The van der Waals surface area contributed by atoms with E-state index in [1.54, 1.807) is 6.07 Å². The van der Waals surface area contributed by atoms with Gasteiger partial charge >= 0.3 is 0 Å². The molecule has 0 saturated carbocycles. The van der Waals surface area contributed by atoms with Crippen LogP contribution in [0.4, 0.5) is 0 Å². The maximum atomic E-state index is 12.4. The molecule has 1 atom stereocenters. The Morgan fingerprint density at radius 1 is 1.16 bits per heavy atom. The Balaban J connectivity index is 2.40. The molecule has 0 spiro atoms. The third-order valence-corrected chi connectivity index (χ3v) is 4.09.